The van der Waals surface area contributed by atoms with Crippen LogP contribution in [0.2, 0.25) is 0 Å². The van der Waals surface area contributed by atoms with E-state index in [1.54, 1.807) is 42.1 Å². The first-order valence-electron chi connectivity index (χ1n) is 8.92. The zero-order chi connectivity index (χ0) is 20.4. The van der Waals surface area contributed by atoms with Crippen LogP contribution in [0.15, 0.2) is 42.5 Å². The van der Waals surface area contributed by atoms with E-state index in [-0.39, 0.29) is 24.2 Å². The molecule has 0 fully saturated rings. The zero-order valence-corrected chi connectivity index (χ0v) is 15.9. The molecule has 1 aliphatic rings. The molecule has 0 radical (unpaired) electrons. The minimum Gasteiger partial charge on any atom is -0.497 e. The van der Waals surface area contributed by atoms with Crippen molar-refractivity contribution in [3.8, 4) is 11.5 Å². The van der Waals surface area contributed by atoms with E-state index in [1.807, 2.05) is 0 Å². The first kappa shape index (κ1) is 18.9. The summed E-state index contributed by atoms with van der Waals surface area (Å²) in [7, 11) is 3.06. The van der Waals surface area contributed by atoms with Gasteiger partial charge in [0.2, 0.25) is 0 Å². The summed E-state index contributed by atoms with van der Waals surface area (Å²) in [5.41, 5.74) is 2.08. The van der Waals surface area contributed by atoms with Gasteiger partial charge in [-0.15, -0.1) is 5.10 Å². The van der Waals surface area contributed by atoms with Crippen molar-refractivity contribution in [1.29, 1.82) is 0 Å². The van der Waals surface area contributed by atoms with Gasteiger partial charge in [-0.2, -0.15) is 0 Å². The quantitative estimate of drug-likeness (QED) is 0.711. The summed E-state index contributed by atoms with van der Waals surface area (Å²) in [6.07, 6.45) is -0.289. The Morgan fingerprint density at radius 2 is 2.00 bits per heavy atom. The first-order valence-corrected chi connectivity index (χ1v) is 8.92. The molecule has 2 heterocycles. The fourth-order valence-corrected chi connectivity index (χ4v) is 3.15. The highest BCUT2D eigenvalue weighted by atomic mass is 19.1. The second-order valence-electron chi connectivity index (χ2n) is 6.44. The average Bonchev–Trinajstić information content (AvgIpc) is 3.18. The number of carbonyl (C=O) groups excluding carboxylic acids is 1. The van der Waals surface area contributed by atoms with E-state index in [4.69, 9.17) is 14.2 Å². The lowest BCUT2D eigenvalue weighted by Gasteiger charge is -2.24. The summed E-state index contributed by atoms with van der Waals surface area (Å²) in [4.78, 5) is 12.7. The number of benzene rings is 2. The van der Waals surface area contributed by atoms with E-state index in [1.165, 1.54) is 19.2 Å². The Bertz CT molecular complexity index is 1040. The Morgan fingerprint density at radius 3 is 2.72 bits per heavy atom. The minimum atomic E-state index is -0.418. The Labute approximate surface area is 166 Å². The number of hydrogen-bond donors (Lipinski definition) is 1. The smallest absolute Gasteiger partial charge is 0.278 e. The number of amides is 1. The molecule has 0 bridgehead atoms. The molecule has 0 spiro atoms. The third-order valence-corrected chi connectivity index (χ3v) is 4.71. The van der Waals surface area contributed by atoms with Gasteiger partial charge in [-0.1, -0.05) is 17.3 Å². The number of ether oxygens (including phenoxy) is 3. The normalized spacial score (nSPS) is 15.5. The predicted molar refractivity (Wildman–Crippen MR) is 101 cm³/mol. The van der Waals surface area contributed by atoms with Gasteiger partial charge in [-0.05, 0) is 29.8 Å². The van der Waals surface area contributed by atoms with Gasteiger partial charge in [-0.3, -0.25) is 4.79 Å². The number of halogens is 1. The Hall–Kier alpha value is -3.46. The predicted octanol–water partition coefficient (Wildman–Crippen LogP) is 2.96. The van der Waals surface area contributed by atoms with Crippen LogP contribution < -0.4 is 14.8 Å². The van der Waals surface area contributed by atoms with Crippen LogP contribution in [0, 0.1) is 5.82 Å². The van der Waals surface area contributed by atoms with Gasteiger partial charge in [0.05, 0.1) is 38.8 Å². The Morgan fingerprint density at radius 1 is 1.21 bits per heavy atom. The zero-order valence-electron chi connectivity index (χ0n) is 15.9. The van der Waals surface area contributed by atoms with E-state index in [0.717, 1.165) is 5.56 Å². The molecule has 4 rings (SSSR count). The van der Waals surface area contributed by atoms with Crippen LogP contribution in [0.4, 0.5) is 10.1 Å². The van der Waals surface area contributed by atoms with Gasteiger partial charge in [-0.25, -0.2) is 9.07 Å². The Kier molecular flexibility index (Phi) is 5.13. The summed E-state index contributed by atoms with van der Waals surface area (Å²) in [6.45, 7) is 0.546. The molecule has 1 unspecified atom stereocenters. The van der Waals surface area contributed by atoms with Gasteiger partial charge >= 0.3 is 0 Å². The largest absolute Gasteiger partial charge is 0.497 e. The number of carbonyl (C=O) groups is 1. The lowest BCUT2D eigenvalue weighted by Crippen LogP contribution is -2.24. The van der Waals surface area contributed by atoms with Crippen LogP contribution in [-0.4, -0.2) is 35.1 Å². The highest BCUT2D eigenvalue weighted by Crippen LogP contribution is 2.30. The number of fused-ring (bicyclic) bond motifs is 1. The molecule has 1 amide bonds. The van der Waals surface area contributed by atoms with Crippen molar-refractivity contribution in [2.75, 3.05) is 19.5 Å². The lowest BCUT2D eigenvalue weighted by molar-refractivity contribution is -0.00174. The van der Waals surface area contributed by atoms with Gasteiger partial charge < -0.3 is 19.5 Å². The van der Waals surface area contributed by atoms with Crippen LogP contribution in [0.25, 0.3) is 0 Å². The molecule has 1 aliphatic heterocycles. The van der Waals surface area contributed by atoms with Crippen molar-refractivity contribution in [1.82, 2.24) is 15.0 Å². The highest BCUT2D eigenvalue weighted by molar-refractivity contribution is 6.04. The molecular weight excluding hydrogens is 379 g/mol. The molecule has 1 aromatic heterocycles. The average molecular weight is 398 g/mol. The van der Waals surface area contributed by atoms with Crippen molar-refractivity contribution in [2.24, 2.45) is 0 Å². The summed E-state index contributed by atoms with van der Waals surface area (Å²) >= 11 is 0. The molecule has 150 valence electrons. The van der Waals surface area contributed by atoms with Gasteiger partial charge in [0.25, 0.3) is 5.91 Å². The topological polar surface area (TPSA) is 87.5 Å². The first-order chi connectivity index (χ1) is 14.1. The fraction of sp³-hybridized carbons (Fsp3) is 0.250. The summed E-state index contributed by atoms with van der Waals surface area (Å²) in [6, 6.07) is 11.2. The van der Waals surface area contributed by atoms with Crippen LogP contribution in [-0.2, 0) is 17.9 Å². The van der Waals surface area contributed by atoms with Gasteiger partial charge in [0.15, 0.2) is 5.69 Å². The maximum atomic E-state index is 13.1. The summed E-state index contributed by atoms with van der Waals surface area (Å²) in [5, 5.41) is 10.9. The van der Waals surface area contributed by atoms with Crippen molar-refractivity contribution >= 4 is 11.6 Å². The number of hydrogen-bond acceptors (Lipinski definition) is 6. The number of aromatic nitrogens is 3. The van der Waals surface area contributed by atoms with Crippen LogP contribution >= 0.6 is 0 Å². The van der Waals surface area contributed by atoms with Crippen LogP contribution in [0.1, 0.15) is 27.8 Å². The minimum absolute atomic E-state index is 0.164. The van der Waals surface area contributed by atoms with Gasteiger partial charge in [0.1, 0.15) is 23.4 Å². The summed E-state index contributed by atoms with van der Waals surface area (Å²) in [5.74, 6) is 0.352. The molecule has 0 saturated heterocycles. The third-order valence-electron chi connectivity index (χ3n) is 4.71. The van der Waals surface area contributed by atoms with Crippen molar-refractivity contribution < 1.29 is 23.4 Å². The van der Waals surface area contributed by atoms with E-state index in [2.05, 4.69) is 15.6 Å². The van der Waals surface area contributed by atoms with E-state index >= 15 is 0 Å². The van der Waals surface area contributed by atoms with E-state index in [9.17, 15) is 9.18 Å². The molecule has 8 nitrogen and oxygen atoms in total. The number of methoxy groups -OCH3 is 2. The third kappa shape index (κ3) is 3.77. The molecule has 9 heteroatoms. The Balaban J connectivity index is 1.52. The molecule has 2 aromatic carbocycles. The number of anilines is 1. The second-order valence-corrected chi connectivity index (χ2v) is 6.44. The molecular formula is C20H19FN4O4. The lowest BCUT2D eigenvalue weighted by atomic mass is 10.1. The molecule has 1 atom stereocenters. The van der Waals surface area contributed by atoms with E-state index in [0.29, 0.717) is 29.4 Å². The molecule has 1 N–H and O–H groups in total. The maximum absolute atomic E-state index is 13.1. The van der Waals surface area contributed by atoms with Gasteiger partial charge in [0, 0.05) is 6.07 Å². The molecule has 29 heavy (non-hydrogen) atoms. The van der Waals surface area contributed by atoms with Crippen molar-refractivity contribution in [3.63, 3.8) is 0 Å². The standard InChI is InChI=1S/C20H19FN4O4/c1-27-14-7-8-15(17(9-14)28-2)22-20(26)19-16-11-29-18(10-25(16)24-23-19)12-3-5-13(21)6-4-12/h3-9,18H,10-11H2,1-2H3,(H,22,26). The van der Waals surface area contributed by atoms with Crippen molar-refractivity contribution in [2.45, 2.75) is 19.3 Å². The summed E-state index contributed by atoms with van der Waals surface area (Å²) < 4.78 is 31.1. The number of nitrogens with one attached hydrogen (secondary N) is 1. The molecule has 3 aromatic rings. The maximum Gasteiger partial charge on any atom is 0.278 e. The van der Waals surface area contributed by atoms with Crippen molar-refractivity contribution in [3.05, 3.63) is 65.2 Å². The number of rotatable bonds is 5. The molecule has 0 saturated carbocycles. The van der Waals surface area contributed by atoms with Crippen LogP contribution in [0.5, 0.6) is 11.5 Å². The second kappa shape index (κ2) is 7.88. The highest BCUT2D eigenvalue weighted by Gasteiger charge is 2.28. The SMILES string of the molecule is COc1ccc(NC(=O)c2nnn3c2COC(c2ccc(F)cc2)C3)c(OC)c1. The molecule has 0 aliphatic carbocycles. The number of nitrogens with zero attached hydrogens (tertiary/aromatic N) is 3. The van der Waals surface area contributed by atoms with E-state index < -0.39 is 5.91 Å². The monoisotopic (exact) mass is 398 g/mol. The van der Waals surface area contributed by atoms with Crippen LogP contribution in [0.3, 0.4) is 0 Å². The fourth-order valence-electron chi connectivity index (χ4n) is 3.15.